The predicted octanol–water partition coefficient (Wildman–Crippen LogP) is 3.35. The molecule has 3 nitrogen and oxygen atoms in total. The molecule has 2 fully saturated rings. The molecule has 1 saturated carbocycles. The summed E-state index contributed by atoms with van der Waals surface area (Å²) in [5.41, 5.74) is 2.66. The maximum absolute atomic E-state index is 4.39. The van der Waals surface area contributed by atoms with Gasteiger partial charge in [0, 0.05) is 38.9 Å². The van der Waals surface area contributed by atoms with Crippen molar-refractivity contribution in [3.05, 3.63) is 24.0 Å². The molecule has 1 saturated heterocycles. The number of rotatable bonds is 4. The largest absolute Gasteiger partial charge is 0.368 e. The predicted molar refractivity (Wildman–Crippen MR) is 88.8 cm³/mol. The van der Waals surface area contributed by atoms with Gasteiger partial charge in [-0.1, -0.05) is 26.2 Å². The van der Waals surface area contributed by atoms with Crippen molar-refractivity contribution < 1.29 is 0 Å². The second kappa shape index (κ2) is 7.26. The van der Waals surface area contributed by atoms with E-state index in [1.807, 2.05) is 12.4 Å². The molecule has 0 radical (unpaired) electrons. The van der Waals surface area contributed by atoms with E-state index in [9.17, 15) is 0 Å². The Hall–Kier alpha value is -1.09. The molecule has 1 aromatic heterocycles. The summed E-state index contributed by atoms with van der Waals surface area (Å²) in [4.78, 5) is 9.58. The van der Waals surface area contributed by atoms with Crippen molar-refractivity contribution in [1.82, 2.24) is 9.88 Å². The van der Waals surface area contributed by atoms with Gasteiger partial charge in [-0.05, 0) is 36.8 Å². The molecule has 0 aromatic carbocycles. The maximum atomic E-state index is 4.39. The summed E-state index contributed by atoms with van der Waals surface area (Å²) in [6, 6.07) is 2.31. The minimum Gasteiger partial charge on any atom is -0.368 e. The van der Waals surface area contributed by atoms with E-state index in [2.05, 4.69) is 27.8 Å². The van der Waals surface area contributed by atoms with Crippen molar-refractivity contribution in [2.45, 2.75) is 45.4 Å². The maximum Gasteiger partial charge on any atom is 0.0556 e. The van der Waals surface area contributed by atoms with E-state index < -0.39 is 0 Å². The molecule has 21 heavy (non-hydrogen) atoms. The van der Waals surface area contributed by atoms with Crippen molar-refractivity contribution in [1.29, 1.82) is 0 Å². The Morgan fingerprint density at radius 3 is 2.52 bits per heavy atom. The smallest absolute Gasteiger partial charge is 0.0556 e. The summed E-state index contributed by atoms with van der Waals surface area (Å²) in [6.07, 6.45) is 12.4. The van der Waals surface area contributed by atoms with Crippen LogP contribution in [0, 0.1) is 5.92 Å². The van der Waals surface area contributed by atoms with Crippen LogP contribution in [-0.2, 0) is 6.42 Å². The Bertz CT molecular complexity index is 432. The zero-order chi connectivity index (χ0) is 14.5. The summed E-state index contributed by atoms with van der Waals surface area (Å²) in [7, 11) is 0. The zero-order valence-electron chi connectivity index (χ0n) is 13.4. The summed E-state index contributed by atoms with van der Waals surface area (Å²) in [5.74, 6) is 0.968. The molecule has 2 aliphatic rings. The van der Waals surface area contributed by atoms with Crippen molar-refractivity contribution in [3.8, 4) is 0 Å². The SMILES string of the molecule is CCc1cncc(N2CCN(CC3CCCCC3)CC2)c1. The molecular weight excluding hydrogens is 258 g/mol. The highest BCUT2D eigenvalue weighted by molar-refractivity contribution is 5.46. The van der Waals surface area contributed by atoms with E-state index in [1.165, 1.54) is 63.0 Å². The van der Waals surface area contributed by atoms with Gasteiger partial charge in [0.1, 0.15) is 0 Å². The number of nitrogens with zero attached hydrogens (tertiary/aromatic N) is 3. The summed E-state index contributed by atoms with van der Waals surface area (Å²) in [6.45, 7) is 8.27. The number of piperazine rings is 1. The third-order valence-electron chi connectivity index (χ3n) is 5.17. The van der Waals surface area contributed by atoms with Crippen LogP contribution in [0.15, 0.2) is 18.5 Å². The van der Waals surface area contributed by atoms with Crippen LogP contribution in [0.1, 0.15) is 44.6 Å². The molecule has 0 amide bonds. The van der Waals surface area contributed by atoms with Crippen molar-refractivity contribution in [2.24, 2.45) is 5.92 Å². The average molecular weight is 287 g/mol. The molecule has 3 rings (SSSR count). The lowest BCUT2D eigenvalue weighted by Crippen LogP contribution is -2.48. The first-order chi connectivity index (χ1) is 10.3. The van der Waals surface area contributed by atoms with E-state index in [4.69, 9.17) is 0 Å². The first-order valence-corrected chi connectivity index (χ1v) is 8.76. The Labute approximate surface area is 129 Å². The standard InChI is InChI=1S/C18H29N3/c1-2-16-12-18(14-19-13-16)21-10-8-20(9-11-21)15-17-6-4-3-5-7-17/h12-14,17H,2-11,15H2,1H3. The van der Waals surface area contributed by atoms with Gasteiger partial charge >= 0.3 is 0 Å². The Kier molecular flexibility index (Phi) is 5.13. The second-order valence-electron chi connectivity index (χ2n) is 6.70. The number of hydrogen-bond acceptors (Lipinski definition) is 3. The van der Waals surface area contributed by atoms with Gasteiger partial charge in [-0.3, -0.25) is 9.88 Å². The minimum atomic E-state index is 0.968. The van der Waals surface area contributed by atoms with Gasteiger partial charge in [0.15, 0.2) is 0 Å². The normalized spacial score (nSPS) is 21.7. The molecule has 1 aliphatic carbocycles. The Balaban J connectivity index is 1.50. The van der Waals surface area contributed by atoms with E-state index >= 15 is 0 Å². The van der Waals surface area contributed by atoms with Gasteiger partial charge in [-0.15, -0.1) is 0 Å². The van der Waals surface area contributed by atoms with Crippen LogP contribution < -0.4 is 4.90 Å². The van der Waals surface area contributed by atoms with Crippen LogP contribution in [0.25, 0.3) is 0 Å². The number of hydrogen-bond donors (Lipinski definition) is 0. The van der Waals surface area contributed by atoms with Gasteiger partial charge < -0.3 is 4.90 Å². The summed E-state index contributed by atoms with van der Waals surface area (Å²) < 4.78 is 0. The Morgan fingerprint density at radius 1 is 1.05 bits per heavy atom. The summed E-state index contributed by atoms with van der Waals surface area (Å²) >= 11 is 0. The van der Waals surface area contributed by atoms with Gasteiger partial charge in [0.2, 0.25) is 0 Å². The molecule has 1 aromatic rings. The van der Waals surface area contributed by atoms with Crippen molar-refractivity contribution >= 4 is 5.69 Å². The van der Waals surface area contributed by atoms with E-state index in [-0.39, 0.29) is 0 Å². The number of aryl methyl sites for hydroxylation is 1. The molecular formula is C18H29N3. The lowest BCUT2D eigenvalue weighted by Gasteiger charge is -2.38. The highest BCUT2D eigenvalue weighted by atomic mass is 15.3. The van der Waals surface area contributed by atoms with Crippen LogP contribution in [-0.4, -0.2) is 42.6 Å². The quantitative estimate of drug-likeness (QED) is 0.846. The first kappa shape index (κ1) is 14.8. The Morgan fingerprint density at radius 2 is 1.81 bits per heavy atom. The zero-order valence-corrected chi connectivity index (χ0v) is 13.4. The lowest BCUT2D eigenvalue weighted by molar-refractivity contribution is 0.192. The molecule has 0 atom stereocenters. The van der Waals surface area contributed by atoms with E-state index in [1.54, 1.807) is 0 Å². The minimum absolute atomic E-state index is 0.968. The molecule has 3 heteroatoms. The lowest BCUT2D eigenvalue weighted by atomic mass is 9.89. The highest BCUT2D eigenvalue weighted by Gasteiger charge is 2.21. The monoisotopic (exact) mass is 287 g/mol. The van der Waals surface area contributed by atoms with E-state index in [0.717, 1.165) is 25.4 Å². The van der Waals surface area contributed by atoms with Gasteiger partial charge in [-0.2, -0.15) is 0 Å². The molecule has 0 spiro atoms. The number of aromatic nitrogens is 1. The molecule has 2 heterocycles. The van der Waals surface area contributed by atoms with Crippen molar-refractivity contribution in [2.75, 3.05) is 37.6 Å². The van der Waals surface area contributed by atoms with Crippen LogP contribution >= 0.6 is 0 Å². The van der Waals surface area contributed by atoms with Crippen molar-refractivity contribution in [3.63, 3.8) is 0 Å². The van der Waals surface area contributed by atoms with Crippen LogP contribution in [0.2, 0.25) is 0 Å². The first-order valence-electron chi connectivity index (χ1n) is 8.76. The average Bonchev–Trinajstić information content (AvgIpc) is 2.56. The number of anilines is 1. The molecule has 0 unspecified atom stereocenters. The third kappa shape index (κ3) is 3.97. The van der Waals surface area contributed by atoms with Gasteiger partial charge in [0.25, 0.3) is 0 Å². The molecule has 0 bridgehead atoms. The third-order valence-corrected chi connectivity index (χ3v) is 5.17. The topological polar surface area (TPSA) is 19.4 Å². The van der Waals surface area contributed by atoms with Gasteiger partial charge in [0.05, 0.1) is 11.9 Å². The summed E-state index contributed by atoms with van der Waals surface area (Å²) in [5, 5.41) is 0. The highest BCUT2D eigenvalue weighted by Crippen LogP contribution is 2.25. The van der Waals surface area contributed by atoms with Crippen LogP contribution in [0.5, 0.6) is 0 Å². The van der Waals surface area contributed by atoms with Crippen LogP contribution in [0.3, 0.4) is 0 Å². The van der Waals surface area contributed by atoms with Crippen LogP contribution in [0.4, 0.5) is 5.69 Å². The fraction of sp³-hybridized carbons (Fsp3) is 0.722. The number of pyridine rings is 1. The fourth-order valence-electron chi connectivity index (χ4n) is 3.76. The fourth-order valence-corrected chi connectivity index (χ4v) is 3.76. The molecule has 0 N–H and O–H groups in total. The van der Waals surface area contributed by atoms with E-state index in [0.29, 0.717) is 0 Å². The molecule has 116 valence electrons. The second-order valence-corrected chi connectivity index (χ2v) is 6.70. The van der Waals surface area contributed by atoms with Gasteiger partial charge in [-0.25, -0.2) is 0 Å². The molecule has 1 aliphatic heterocycles.